The molecule has 3 aromatic rings. The van der Waals surface area contributed by atoms with Crippen LogP contribution in [0.2, 0.25) is 0 Å². The summed E-state index contributed by atoms with van der Waals surface area (Å²) in [5.41, 5.74) is 6.55. The average molecular weight is 319 g/mol. The van der Waals surface area contributed by atoms with Gasteiger partial charge in [-0.1, -0.05) is 0 Å². The number of benzene rings is 1. The molecule has 23 heavy (non-hydrogen) atoms. The number of phenolic OH excluding ortho intramolecular Hbond substituents is 1. The van der Waals surface area contributed by atoms with Gasteiger partial charge in [0.15, 0.2) is 17.1 Å². The topological polar surface area (TPSA) is 99.1 Å². The fourth-order valence-electron chi connectivity index (χ4n) is 2.73. The van der Waals surface area contributed by atoms with Crippen LogP contribution in [0.25, 0.3) is 16.7 Å². The smallest absolute Gasteiger partial charge is 0.282 e. The molecule has 7 nitrogen and oxygen atoms in total. The molecule has 0 fully saturated rings. The Kier molecular flexibility index (Phi) is 2.83. The van der Waals surface area contributed by atoms with Gasteiger partial charge in [0, 0.05) is 18.1 Å². The second-order valence-corrected chi connectivity index (χ2v) is 5.11. The van der Waals surface area contributed by atoms with Gasteiger partial charge in [-0.25, -0.2) is 23.4 Å². The first-order valence-electron chi connectivity index (χ1n) is 6.82. The van der Waals surface area contributed by atoms with Gasteiger partial charge in [0.1, 0.15) is 17.8 Å². The largest absolute Gasteiger partial charge is 0.504 e. The zero-order valence-corrected chi connectivity index (χ0v) is 11.7. The number of ether oxygens (including phenoxy) is 1. The molecule has 0 saturated heterocycles. The molecule has 1 aliphatic rings. The predicted molar refractivity (Wildman–Crippen MR) is 76.9 cm³/mol. The highest BCUT2D eigenvalue weighted by Crippen LogP contribution is 2.38. The Hall–Kier alpha value is -2.97. The highest BCUT2D eigenvalue weighted by Gasteiger charge is 2.25. The molecule has 9 heteroatoms. The number of halogens is 2. The lowest BCUT2D eigenvalue weighted by Gasteiger charge is -2.07. The van der Waals surface area contributed by atoms with Crippen LogP contribution in [0.5, 0.6) is 11.5 Å². The number of anilines is 1. The minimum atomic E-state index is -2.82. The fraction of sp³-hybridized carbons (Fsp3) is 0.214. The number of aromatic nitrogens is 4. The van der Waals surface area contributed by atoms with E-state index in [-0.39, 0.29) is 22.6 Å². The predicted octanol–water partition coefficient (Wildman–Crippen LogP) is 1.98. The minimum absolute atomic E-state index is 0.0127. The monoisotopic (exact) mass is 319 g/mol. The van der Waals surface area contributed by atoms with Crippen molar-refractivity contribution >= 4 is 16.9 Å². The molecule has 0 radical (unpaired) electrons. The average Bonchev–Trinajstić information content (AvgIpc) is 3.11. The quantitative estimate of drug-likeness (QED) is 0.749. The normalized spacial score (nSPS) is 13.5. The molecular formula is C14H11F2N5O2. The van der Waals surface area contributed by atoms with Gasteiger partial charge in [0.2, 0.25) is 0 Å². The van der Waals surface area contributed by atoms with Gasteiger partial charge in [-0.15, -0.1) is 0 Å². The summed E-state index contributed by atoms with van der Waals surface area (Å²) in [7, 11) is 0. The third-order valence-corrected chi connectivity index (χ3v) is 3.72. The second kappa shape index (κ2) is 4.77. The Balaban J connectivity index is 2.00. The van der Waals surface area contributed by atoms with Crippen LogP contribution in [-0.2, 0) is 6.42 Å². The zero-order valence-electron chi connectivity index (χ0n) is 11.7. The number of phenols is 1. The van der Waals surface area contributed by atoms with Gasteiger partial charge in [0.05, 0.1) is 17.7 Å². The molecule has 0 unspecified atom stereocenters. The second-order valence-electron chi connectivity index (χ2n) is 5.11. The van der Waals surface area contributed by atoms with E-state index in [1.54, 1.807) is 6.07 Å². The van der Waals surface area contributed by atoms with Gasteiger partial charge in [-0.3, -0.25) is 0 Å². The van der Waals surface area contributed by atoms with Crippen LogP contribution < -0.4 is 10.5 Å². The van der Waals surface area contributed by atoms with Gasteiger partial charge in [-0.05, 0) is 6.07 Å². The maximum absolute atomic E-state index is 13.2. The molecule has 0 amide bonds. The molecule has 4 rings (SSSR count). The first-order chi connectivity index (χ1) is 11.1. The summed E-state index contributed by atoms with van der Waals surface area (Å²) < 4.78 is 33.1. The molecular weight excluding hydrogens is 308 g/mol. The lowest BCUT2D eigenvalue weighted by atomic mass is 10.1. The Bertz CT molecular complexity index is 925. The SMILES string of the molecule is Nc1ncnc2c1c(C(F)F)nn2-c1cc(O)c2c(c1)CCO2. The molecule has 0 aliphatic carbocycles. The number of nitrogens with two attached hydrogens (primary N) is 1. The number of aromatic hydroxyl groups is 1. The lowest BCUT2D eigenvalue weighted by molar-refractivity contribution is 0.147. The molecule has 0 spiro atoms. The number of fused-ring (bicyclic) bond motifs is 2. The van der Waals surface area contributed by atoms with E-state index in [0.29, 0.717) is 24.5 Å². The van der Waals surface area contributed by atoms with Crippen LogP contribution in [0.3, 0.4) is 0 Å². The van der Waals surface area contributed by atoms with Crippen molar-refractivity contribution in [2.24, 2.45) is 0 Å². The molecule has 0 bridgehead atoms. The molecule has 1 aromatic carbocycles. The standard InChI is InChI=1S/C14H11F2N5O2/c15-12(16)10-9-13(17)18-5-19-14(9)21(20-10)7-3-6-1-2-23-11(6)8(22)4-7/h3-5,12,22H,1-2H2,(H2,17,18,19). The van der Waals surface area contributed by atoms with Gasteiger partial charge >= 0.3 is 0 Å². The van der Waals surface area contributed by atoms with Crippen LogP contribution in [0.4, 0.5) is 14.6 Å². The summed E-state index contributed by atoms with van der Waals surface area (Å²) >= 11 is 0. The third kappa shape index (κ3) is 1.96. The number of alkyl halides is 2. The molecule has 3 N–H and O–H groups in total. The molecule has 1 aliphatic heterocycles. The summed E-state index contributed by atoms with van der Waals surface area (Å²) in [5, 5.41) is 14.0. The summed E-state index contributed by atoms with van der Waals surface area (Å²) in [6, 6.07) is 3.12. The Morgan fingerprint density at radius 3 is 2.91 bits per heavy atom. The maximum atomic E-state index is 13.2. The molecule has 0 saturated carbocycles. The van der Waals surface area contributed by atoms with Crippen molar-refractivity contribution < 1.29 is 18.6 Å². The zero-order chi connectivity index (χ0) is 16.1. The first-order valence-corrected chi connectivity index (χ1v) is 6.82. The molecule has 3 heterocycles. The van der Waals surface area contributed by atoms with E-state index in [4.69, 9.17) is 10.5 Å². The Morgan fingerprint density at radius 2 is 2.13 bits per heavy atom. The number of nitrogens with zero attached hydrogens (tertiary/aromatic N) is 4. The summed E-state index contributed by atoms with van der Waals surface area (Å²) in [4.78, 5) is 7.75. The van der Waals surface area contributed by atoms with E-state index in [1.807, 2.05) is 0 Å². The molecule has 2 aromatic heterocycles. The van der Waals surface area contributed by atoms with Gasteiger partial charge in [0.25, 0.3) is 6.43 Å². The van der Waals surface area contributed by atoms with E-state index < -0.39 is 12.1 Å². The maximum Gasteiger partial charge on any atom is 0.282 e. The first kappa shape index (κ1) is 13.7. The number of rotatable bonds is 2. The van der Waals surface area contributed by atoms with Crippen LogP contribution in [0.15, 0.2) is 18.5 Å². The van der Waals surface area contributed by atoms with Crippen molar-refractivity contribution in [3.63, 3.8) is 0 Å². The van der Waals surface area contributed by atoms with E-state index in [0.717, 1.165) is 5.56 Å². The Labute approximate surface area is 128 Å². The highest BCUT2D eigenvalue weighted by atomic mass is 19.3. The van der Waals surface area contributed by atoms with Crippen molar-refractivity contribution in [1.29, 1.82) is 0 Å². The van der Waals surface area contributed by atoms with Crippen LogP contribution in [-0.4, -0.2) is 31.5 Å². The number of hydrogen-bond acceptors (Lipinski definition) is 6. The van der Waals surface area contributed by atoms with E-state index >= 15 is 0 Å². The fourth-order valence-corrected chi connectivity index (χ4v) is 2.73. The van der Waals surface area contributed by atoms with Gasteiger partial charge in [-0.2, -0.15) is 5.10 Å². The van der Waals surface area contributed by atoms with Crippen molar-refractivity contribution in [3.05, 3.63) is 29.7 Å². The summed E-state index contributed by atoms with van der Waals surface area (Å²) in [6.45, 7) is 0.462. The molecule has 0 atom stereocenters. The van der Waals surface area contributed by atoms with Crippen molar-refractivity contribution in [2.45, 2.75) is 12.8 Å². The van der Waals surface area contributed by atoms with Gasteiger partial charge < -0.3 is 15.6 Å². The summed E-state index contributed by atoms with van der Waals surface area (Å²) in [6.07, 6.45) is -1.02. The van der Waals surface area contributed by atoms with Crippen molar-refractivity contribution in [1.82, 2.24) is 19.7 Å². The lowest BCUT2D eigenvalue weighted by Crippen LogP contribution is -2.00. The van der Waals surface area contributed by atoms with Crippen molar-refractivity contribution in [3.8, 4) is 17.2 Å². The molecule has 118 valence electrons. The summed E-state index contributed by atoms with van der Waals surface area (Å²) in [5.74, 6) is 0.276. The van der Waals surface area contributed by atoms with Crippen LogP contribution >= 0.6 is 0 Å². The van der Waals surface area contributed by atoms with Crippen molar-refractivity contribution in [2.75, 3.05) is 12.3 Å². The van der Waals surface area contributed by atoms with E-state index in [1.165, 1.54) is 17.1 Å². The number of hydrogen-bond donors (Lipinski definition) is 2. The van der Waals surface area contributed by atoms with E-state index in [9.17, 15) is 13.9 Å². The highest BCUT2D eigenvalue weighted by molar-refractivity contribution is 5.89. The Morgan fingerprint density at radius 1 is 1.30 bits per heavy atom. The van der Waals surface area contributed by atoms with Crippen LogP contribution in [0, 0.1) is 0 Å². The third-order valence-electron chi connectivity index (χ3n) is 3.72. The minimum Gasteiger partial charge on any atom is -0.504 e. The van der Waals surface area contributed by atoms with E-state index in [2.05, 4.69) is 15.1 Å². The number of nitrogen functional groups attached to an aromatic ring is 1. The van der Waals surface area contributed by atoms with Crippen LogP contribution in [0.1, 0.15) is 17.7 Å².